The number of carbonyl (C=O) groups is 2. The molecule has 0 bridgehead atoms. The van der Waals surface area contributed by atoms with Crippen molar-refractivity contribution in [2.45, 2.75) is 57.3 Å². The number of rotatable bonds is 11. The fraction of sp³-hybridized carbons (Fsp3) is 0.289. The van der Waals surface area contributed by atoms with Crippen LogP contribution >= 0.6 is 0 Å². The molecule has 7 nitrogen and oxygen atoms in total. The van der Waals surface area contributed by atoms with Crippen molar-refractivity contribution in [2.24, 2.45) is 0 Å². The molecule has 1 N–H and O–H groups in total. The number of amides is 1. The molecule has 1 atom stereocenters. The van der Waals surface area contributed by atoms with E-state index in [9.17, 15) is 22.8 Å². The maximum absolute atomic E-state index is 14.0. The molecule has 10 heteroatoms. The van der Waals surface area contributed by atoms with Crippen LogP contribution in [0.1, 0.15) is 66.6 Å². The van der Waals surface area contributed by atoms with Gasteiger partial charge in [-0.2, -0.15) is 18.3 Å². The Bertz CT molecular complexity index is 1930. The van der Waals surface area contributed by atoms with E-state index < -0.39 is 11.7 Å². The maximum Gasteiger partial charge on any atom is 0.416 e. The van der Waals surface area contributed by atoms with E-state index in [1.54, 1.807) is 23.9 Å². The van der Waals surface area contributed by atoms with Crippen LogP contribution in [0.2, 0.25) is 0 Å². The first kappa shape index (κ1) is 32.8. The third kappa shape index (κ3) is 7.07. The number of aldehydes is 1. The topological polar surface area (TPSA) is 82.4 Å². The number of ether oxygens (including phenoxy) is 2. The summed E-state index contributed by atoms with van der Waals surface area (Å²) in [6, 6.07) is 23.8. The van der Waals surface area contributed by atoms with Crippen LogP contribution in [-0.2, 0) is 11.0 Å². The van der Waals surface area contributed by atoms with Crippen molar-refractivity contribution in [1.29, 1.82) is 0 Å². The van der Waals surface area contributed by atoms with Gasteiger partial charge in [-0.15, -0.1) is 0 Å². The number of methoxy groups -OCH3 is 1. The van der Waals surface area contributed by atoms with Crippen molar-refractivity contribution in [3.8, 4) is 34.0 Å². The number of halogens is 3. The third-order valence-corrected chi connectivity index (χ3v) is 8.83. The fourth-order valence-electron chi connectivity index (χ4n) is 6.14. The number of hydrogen-bond acceptors (Lipinski definition) is 5. The lowest BCUT2D eigenvalue weighted by Crippen LogP contribution is -2.24. The van der Waals surface area contributed by atoms with Gasteiger partial charge in [-0.25, -0.2) is 0 Å². The van der Waals surface area contributed by atoms with Crippen LogP contribution in [-0.4, -0.2) is 41.7 Å². The van der Waals surface area contributed by atoms with Gasteiger partial charge in [0, 0.05) is 29.7 Å². The van der Waals surface area contributed by atoms with Crippen LogP contribution in [0.15, 0.2) is 84.9 Å². The van der Waals surface area contributed by atoms with Gasteiger partial charge in [0.05, 0.1) is 36.2 Å². The summed E-state index contributed by atoms with van der Waals surface area (Å²) in [6.45, 7) is 2.20. The average molecular weight is 656 g/mol. The summed E-state index contributed by atoms with van der Waals surface area (Å²) in [6.07, 6.45) is 0.110. The highest BCUT2D eigenvalue weighted by Gasteiger charge is 2.32. The normalized spacial score (nSPS) is 14.2. The summed E-state index contributed by atoms with van der Waals surface area (Å²) in [4.78, 5) is 23.2. The number of carbonyl (C=O) groups excluding carboxylic acids is 2. The van der Waals surface area contributed by atoms with E-state index in [1.165, 1.54) is 6.07 Å². The Hall–Kier alpha value is -5.12. The minimum Gasteiger partial charge on any atom is -0.497 e. The molecule has 6 rings (SSSR count). The molecule has 1 heterocycles. The summed E-state index contributed by atoms with van der Waals surface area (Å²) in [5.41, 5.74) is 2.67. The molecule has 1 saturated carbocycles. The van der Waals surface area contributed by atoms with Gasteiger partial charge in [-0.05, 0) is 104 Å². The van der Waals surface area contributed by atoms with Gasteiger partial charge >= 0.3 is 6.18 Å². The minimum atomic E-state index is -4.54. The molecule has 0 saturated heterocycles. The smallest absolute Gasteiger partial charge is 0.416 e. The second kappa shape index (κ2) is 13.9. The van der Waals surface area contributed by atoms with Crippen molar-refractivity contribution in [3.63, 3.8) is 0 Å². The first-order valence-corrected chi connectivity index (χ1v) is 16.0. The van der Waals surface area contributed by atoms with Crippen molar-refractivity contribution in [1.82, 2.24) is 15.1 Å². The molecule has 1 unspecified atom stereocenters. The van der Waals surface area contributed by atoms with Gasteiger partial charge in [0.1, 0.15) is 17.8 Å². The average Bonchev–Trinajstić information content (AvgIpc) is 3.78. The van der Waals surface area contributed by atoms with Crippen LogP contribution in [0.4, 0.5) is 13.2 Å². The van der Waals surface area contributed by atoms with Crippen molar-refractivity contribution in [2.75, 3.05) is 13.7 Å². The number of fused-ring (bicyclic) bond motifs is 1. The second-order valence-electron chi connectivity index (χ2n) is 12.0. The zero-order valence-electron chi connectivity index (χ0n) is 26.7. The molecular formula is C38H36F3N3O4. The summed E-state index contributed by atoms with van der Waals surface area (Å²) in [5, 5.41) is 9.59. The Morgan fingerprint density at radius 1 is 0.979 bits per heavy atom. The lowest BCUT2D eigenvalue weighted by Gasteiger charge is -2.18. The highest BCUT2D eigenvalue weighted by molar-refractivity contribution is 5.94. The molecule has 4 aromatic carbocycles. The van der Waals surface area contributed by atoms with Gasteiger partial charge in [0.2, 0.25) is 0 Å². The van der Waals surface area contributed by atoms with Crippen LogP contribution in [0.3, 0.4) is 0 Å². The monoisotopic (exact) mass is 655 g/mol. The number of aromatic nitrogens is 2. The quantitative estimate of drug-likeness (QED) is 0.114. The molecule has 1 aliphatic carbocycles. The lowest BCUT2D eigenvalue weighted by molar-refractivity contribution is -0.137. The molecule has 0 radical (unpaired) electrons. The Morgan fingerprint density at radius 3 is 2.42 bits per heavy atom. The van der Waals surface area contributed by atoms with Gasteiger partial charge in [-0.3, -0.25) is 9.48 Å². The molecule has 5 aromatic rings. The van der Waals surface area contributed by atoms with Crippen LogP contribution in [0.5, 0.6) is 11.5 Å². The van der Waals surface area contributed by atoms with Crippen molar-refractivity contribution >= 4 is 23.0 Å². The van der Waals surface area contributed by atoms with E-state index in [0.717, 1.165) is 71.8 Å². The SMILES string of the molecule is COc1ccc2cc(-c3cc(-c4cc(C(F)(F)F)ccc4OC4CCCC4)nn3C(C)c3ccc(C(=O)NCCC=O)cc3)ccc2c1. The Balaban J connectivity index is 1.45. The lowest BCUT2D eigenvalue weighted by atomic mass is 10.0. The Morgan fingerprint density at radius 2 is 1.71 bits per heavy atom. The molecule has 1 aromatic heterocycles. The molecule has 1 fully saturated rings. The molecule has 1 amide bonds. The summed E-state index contributed by atoms with van der Waals surface area (Å²) in [5.74, 6) is 0.816. The molecule has 0 spiro atoms. The number of nitrogens with zero attached hydrogens (tertiary/aromatic N) is 2. The first-order valence-electron chi connectivity index (χ1n) is 16.0. The first-order chi connectivity index (χ1) is 23.1. The zero-order valence-corrected chi connectivity index (χ0v) is 26.7. The number of hydrogen-bond donors (Lipinski definition) is 1. The maximum atomic E-state index is 14.0. The predicted octanol–water partition coefficient (Wildman–Crippen LogP) is 8.65. The largest absolute Gasteiger partial charge is 0.497 e. The van der Waals surface area contributed by atoms with E-state index in [1.807, 2.05) is 61.5 Å². The summed E-state index contributed by atoms with van der Waals surface area (Å²) >= 11 is 0. The van der Waals surface area contributed by atoms with Crippen molar-refractivity contribution < 1.29 is 32.2 Å². The summed E-state index contributed by atoms with van der Waals surface area (Å²) < 4.78 is 55.4. The predicted molar refractivity (Wildman–Crippen MR) is 178 cm³/mol. The van der Waals surface area contributed by atoms with Gasteiger partial charge in [-0.1, -0.05) is 30.3 Å². The molecule has 0 aliphatic heterocycles. The number of benzene rings is 4. The van der Waals surface area contributed by atoms with Gasteiger partial charge in [0.15, 0.2) is 0 Å². The van der Waals surface area contributed by atoms with E-state index in [2.05, 4.69) is 5.32 Å². The van der Waals surface area contributed by atoms with Gasteiger partial charge < -0.3 is 19.6 Å². The highest BCUT2D eigenvalue weighted by atomic mass is 19.4. The van der Waals surface area contributed by atoms with Crippen LogP contribution < -0.4 is 14.8 Å². The Kier molecular flexibility index (Phi) is 9.52. The van der Waals surface area contributed by atoms with E-state index >= 15 is 0 Å². The highest BCUT2D eigenvalue weighted by Crippen LogP contribution is 2.41. The molecule has 1 aliphatic rings. The minimum absolute atomic E-state index is 0.0624. The van der Waals surface area contributed by atoms with E-state index in [0.29, 0.717) is 22.7 Å². The number of alkyl halides is 3. The standard InChI is InChI=1S/C38H36F3N3O4/c1-24(25-8-10-26(11-9-25)37(46)42-18-5-19-45)44-35(29-13-12-28-21-32(47-2)16-14-27(28)20-29)23-34(43-44)33-22-30(38(39,40)41)15-17-36(33)48-31-6-3-4-7-31/h8-17,19-24,31H,3-7,18H2,1-2H3,(H,42,46). The summed E-state index contributed by atoms with van der Waals surface area (Å²) in [7, 11) is 1.61. The van der Waals surface area contributed by atoms with E-state index in [4.69, 9.17) is 14.6 Å². The number of nitrogens with one attached hydrogen (secondary N) is 1. The second-order valence-corrected chi connectivity index (χ2v) is 12.0. The van der Waals surface area contributed by atoms with Crippen molar-refractivity contribution in [3.05, 3.63) is 102 Å². The Labute approximate surface area is 276 Å². The third-order valence-electron chi connectivity index (χ3n) is 8.83. The van der Waals surface area contributed by atoms with E-state index in [-0.39, 0.29) is 36.6 Å². The van der Waals surface area contributed by atoms with Crippen LogP contribution in [0, 0.1) is 0 Å². The van der Waals surface area contributed by atoms with Crippen LogP contribution in [0.25, 0.3) is 33.3 Å². The molecular weight excluding hydrogens is 619 g/mol. The molecule has 248 valence electrons. The fourth-order valence-corrected chi connectivity index (χ4v) is 6.14. The zero-order chi connectivity index (χ0) is 33.8. The molecule has 48 heavy (non-hydrogen) atoms. The van der Waals surface area contributed by atoms with Gasteiger partial charge in [0.25, 0.3) is 5.91 Å².